The van der Waals surface area contributed by atoms with Gasteiger partial charge in [-0.25, -0.2) is 8.51 Å². The number of fused-ring (bicyclic) bond motifs is 1. The highest BCUT2D eigenvalue weighted by molar-refractivity contribution is 7.82. The number of methoxy groups -OCH3 is 1. The van der Waals surface area contributed by atoms with Crippen molar-refractivity contribution in [1.82, 2.24) is 9.21 Å². The molecule has 1 amide bonds. The fourth-order valence-corrected chi connectivity index (χ4v) is 5.45. The molecule has 1 unspecified atom stereocenters. The molecule has 142 valence electrons. The van der Waals surface area contributed by atoms with E-state index in [2.05, 4.69) is 0 Å². The molecule has 0 spiro atoms. The molecule has 1 aromatic carbocycles. The van der Waals surface area contributed by atoms with E-state index in [0.29, 0.717) is 32.8 Å². The minimum absolute atomic E-state index is 0.219. The molecule has 2 aromatic rings. The number of carbonyl (C=O) groups is 1. The average Bonchev–Trinajstić information content (AvgIpc) is 3.00. The molecule has 0 radical (unpaired) electrons. The van der Waals surface area contributed by atoms with E-state index in [4.69, 9.17) is 9.15 Å². The minimum Gasteiger partial charge on any atom is -0.464 e. The quantitative estimate of drug-likeness (QED) is 0.740. The third-order valence-electron chi connectivity index (χ3n) is 5.87. The fourth-order valence-electron chi connectivity index (χ4n) is 4.19. The number of rotatable bonds is 5. The fraction of sp³-hybridized carbons (Fsp3) is 0.450. The number of nitrogens with zero attached hydrogens (tertiary/aromatic N) is 2. The molecule has 6 nitrogen and oxygen atoms in total. The van der Waals surface area contributed by atoms with Gasteiger partial charge in [0, 0.05) is 38.7 Å². The molecule has 1 fully saturated rings. The summed E-state index contributed by atoms with van der Waals surface area (Å²) >= 11 is 0. The van der Waals surface area contributed by atoms with Crippen LogP contribution in [0.1, 0.15) is 12.8 Å². The Morgan fingerprint density at radius 1 is 1.19 bits per heavy atom. The summed E-state index contributed by atoms with van der Waals surface area (Å²) in [6.07, 6.45) is 3.49. The molecule has 1 saturated carbocycles. The normalized spacial score (nSPS) is 22.5. The first-order valence-electron chi connectivity index (χ1n) is 9.22. The van der Waals surface area contributed by atoms with Crippen LogP contribution in [0, 0.1) is 5.41 Å². The van der Waals surface area contributed by atoms with Gasteiger partial charge in [0.15, 0.2) is 0 Å². The van der Waals surface area contributed by atoms with Crippen molar-refractivity contribution in [3.05, 3.63) is 41.7 Å². The van der Waals surface area contributed by atoms with Gasteiger partial charge in [0.25, 0.3) is 0 Å². The molecule has 0 saturated heterocycles. The summed E-state index contributed by atoms with van der Waals surface area (Å²) < 4.78 is 25.6. The summed E-state index contributed by atoms with van der Waals surface area (Å²) in [4.78, 5) is 15.6. The summed E-state index contributed by atoms with van der Waals surface area (Å²) in [5.74, 6) is 0.219. The highest BCUT2D eigenvalue weighted by Gasteiger charge is 2.53. The number of benzene rings is 1. The molecule has 5 rings (SSSR count). The van der Waals surface area contributed by atoms with Crippen LogP contribution >= 0.6 is 0 Å². The van der Waals surface area contributed by atoms with Crippen molar-refractivity contribution in [3.8, 4) is 0 Å². The third-order valence-corrected chi connectivity index (χ3v) is 7.26. The summed E-state index contributed by atoms with van der Waals surface area (Å²) in [6, 6.07) is 7.54. The monoisotopic (exact) mass is 386 g/mol. The van der Waals surface area contributed by atoms with Crippen LogP contribution in [0.4, 0.5) is 0 Å². The molecular weight excluding hydrogens is 364 g/mol. The van der Waals surface area contributed by atoms with Gasteiger partial charge in [-0.2, -0.15) is 0 Å². The first kappa shape index (κ1) is 17.2. The summed E-state index contributed by atoms with van der Waals surface area (Å²) in [6.45, 7) is 3.15. The number of hydrogen-bond acceptors (Lipinski definition) is 4. The van der Waals surface area contributed by atoms with Crippen LogP contribution in [-0.2, 0) is 20.5 Å². The second-order valence-electron chi connectivity index (χ2n) is 7.75. The van der Waals surface area contributed by atoms with Crippen molar-refractivity contribution in [1.29, 1.82) is 0 Å². The van der Waals surface area contributed by atoms with E-state index in [9.17, 15) is 9.00 Å². The van der Waals surface area contributed by atoms with Crippen LogP contribution < -0.4 is 0 Å². The lowest BCUT2D eigenvalue weighted by Gasteiger charge is -2.25. The van der Waals surface area contributed by atoms with Crippen molar-refractivity contribution in [2.45, 2.75) is 17.7 Å². The zero-order valence-electron chi connectivity index (χ0n) is 15.3. The third kappa shape index (κ3) is 2.85. The van der Waals surface area contributed by atoms with Crippen LogP contribution in [0.25, 0.3) is 11.0 Å². The van der Waals surface area contributed by atoms with Crippen molar-refractivity contribution >= 4 is 27.9 Å². The highest BCUT2D eigenvalue weighted by Crippen LogP contribution is 2.48. The number of hydrogen-bond donors (Lipinski definition) is 0. The van der Waals surface area contributed by atoms with Gasteiger partial charge in [0.2, 0.25) is 5.91 Å². The van der Waals surface area contributed by atoms with Crippen molar-refractivity contribution in [3.63, 3.8) is 0 Å². The Morgan fingerprint density at radius 3 is 2.59 bits per heavy atom. The van der Waals surface area contributed by atoms with Gasteiger partial charge >= 0.3 is 0 Å². The summed E-state index contributed by atoms with van der Waals surface area (Å²) in [5, 5.41) is 0.963. The molecule has 0 bridgehead atoms. The lowest BCUT2D eigenvalue weighted by atomic mass is 10.1. The maximum atomic E-state index is 13.0. The van der Waals surface area contributed by atoms with E-state index in [1.807, 2.05) is 33.5 Å². The average molecular weight is 386 g/mol. The van der Waals surface area contributed by atoms with Crippen LogP contribution in [0.5, 0.6) is 0 Å². The SMILES string of the molecule is COCC1(C(=O)N2CC3=C(C2)CN(S(=O)c2ccc4occc4c2)C3)CC1. The predicted molar refractivity (Wildman–Crippen MR) is 101 cm³/mol. The van der Waals surface area contributed by atoms with Gasteiger partial charge in [-0.15, -0.1) is 0 Å². The zero-order valence-corrected chi connectivity index (χ0v) is 16.1. The number of ether oxygens (including phenoxy) is 1. The molecule has 1 atom stereocenters. The largest absolute Gasteiger partial charge is 0.464 e. The van der Waals surface area contributed by atoms with Gasteiger partial charge in [-0.3, -0.25) is 4.79 Å². The molecule has 1 aromatic heterocycles. The van der Waals surface area contributed by atoms with E-state index in [1.54, 1.807) is 13.4 Å². The van der Waals surface area contributed by atoms with Crippen LogP contribution in [0.2, 0.25) is 0 Å². The second-order valence-corrected chi connectivity index (χ2v) is 9.24. The Hall–Kier alpha value is -1.96. The van der Waals surface area contributed by atoms with Crippen molar-refractivity contribution in [2.24, 2.45) is 5.41 Å². The van der Waals surface area contributed by atoms with E-state index in [0.717, 1.165) is 28.7 Å². The topological polar surface area (TPSA) is 63.0 Å². The number of carbonyl (C=O) groups excluding carboxylic acids is 1. The molecule has 7 heteroatoms. The Bertz CT molecular complexity index is 957. The van der Waals surface area contributed by atoms with Crippen LogP contribution in [-0.4, -0.2) is 59.2 Å². The Kier molecular flexibility index (Phi) is 4.00. The Balaban J connectivity index is 1.25. The Morgan fingerprint density at radius 2 is 1.93 bits per heavy atom. The van der Waals surface area contributed by atoms with E-state index in [-0.39, 0.29) is 11.3 Å². The van der Waals surface area contributed by atoms with Gasteiger partial charge in [0.05, 0.1) is 23.2 Å². The number of furan rings is 1. The zero-order chi connectivity index (χ0) is 18.6. The van der Waals surface area contributed by atoms with Gasteiger partial charge in [-0.1, -0.05) is 0 Å². The maximum Gasteiger partial charge on any atom is 0.231 e. The second kappa shape index (κ2) is 6.29. The minimum atomic E-state index is -1.21. The van der Waals surface area contributed by atoms with E-state index in [1.165, 1.54) is 11.1 Å². The predicted octanol–water partition coefficient (Wildman–Crippen LogP) is 2.34. The van der Waals surface area contributed by atoms with E-state index >= 15 is 0 Å². The molecular formula is C20H22N2O4S. The lowest BCUT2D eigenvalue weighted by molar-refractivity contribution is -0.137. The summed E-state index contributed by atoms with van der Waals surface area (Å²) in [5.41, 5.74) is 3.01. The van der Waals surface area contributed by atoms with Gasteiger partial charge in [-0.05, 0) is 48.3 Å². The smallest absolute Gasteiger partial charge is 0.231 e. The lowest BCUT2D eigenvalue weighted by Crippen LogP contribution is -2.40. The standard InChI is InChI=1S/C20H22N2O4S/c1-25-13-20(5-6-20)19(23)21-9-15-11-22(12-16(15)10-21)27(24)17-2-3-18-14(8-17)4-7-26-18/h2-4,7-8H,5-6,9-13H2,1H3. The molecule has 3 aliphatic rings. The first-order chi connectivity index (χ1) is 13.1. The Labute approximate surface area is 160 Å². The van der Waals surface area contributed by atoms with Gasteiger partial charge < -0.3 is 14.1 Å². The molecule has 2 aliphatic heterocycles. The van der Waals surface area contributed by atoms with Gasteiger partial charge in [0.1, 0.15) is 16.6 Å². The molecule has 27 heavy (non-hydrogen) atoms. The highest BCUT2D eigenvalue weighted by atomic mass is 32.2. The van der Waals surface area contributed by atoms with Crippen molar-refractivity contribution < 1.29 is 18.2 Å². The number of amides is 1. The summed E-state index contributed by atoms with van der Waals surface area (Å²) in [7, 11) is 0.445. The molecule has 1 aliphatic carbocycles. The van der Waals surface area contributed by atoms with E-state index < -0.39 is 11.0 Å². The van der Waals surface area contributed by atoms with Crippen LogP contribution in [0.15, 0.2) is 51.0 Å². The van der Waals surface area contributed by atoms with Crippen LogP contribution in [0.3, 0.4) is 0 Å². The van der Waals surface area contributed by atoms with Crippen molar-refractivity contribution in [2.75, 3.05) is 39.9 Å². The molecule has 3 heterocycles. The molecule has 0 N–H and O–H groups in total. The first-order valence-corrected chi connectivity index (χ1v) is 10.3. The maximum absolute atomic E-state index is 13.0.